The van der Waals surface area contributed by atoms with Crippen LogP contribution in [-0.2, 0) is 22.2 Å². The third kappa shape index (κ3) is 6.92. The molecule has 11 heteroatoms. The SMILES string of the molecule is O=C(CCc1cccc(Oc2cc(NC(=O)C3CC3)ncn2)c1)Nc1ccc(Cl)c(C(F)(F)F)c1. The maximum absolute atomic E-state index is 13.0. The summed E-state index contributed by atoms with van der Waals surface area (Å²) in [6, 6.07) is 11.7. The molecule has 0 aliphatic heterocycles. The molecule has 3 aromatic rings. The lowest BCUT2D eigenvalue weighted by molar-refractivity contribution is -0.137. The average Bonchev–Trinajstić information content (AvgIpc) is 3.64. The summed E-state index contributed by atoms with van der Waals surface area (Å²) in [7, 11) is 0. The summed E-state index contributed by atoms with van der Waals surface area (Å²) in [5, 5.41) is 4.75. The van der Waals surface area contributed by atoms with Crippen molar-refractivity contribution in [2.45, 2.75) is 31.9 Å². The highest BCUT2D eigenvalue weighted by atomic mass is 35.5. The summed E-state index contributed by atoms with van der Waals surface area (Å²) in [6.45, 7) is 0. The number of carbonyl (C=O) groups excluding carboxylic acids is 2. The fourth-order valence-corrected chi connectivity index (χ4v) is 3.45. The van der Waals surface area contributed by atoms with Crippen LogP contribution >= 0.6 is 11.6 Å². The predicted molar refractivity (Wildman–Crippen MR) is 123 cm³/mol. The molecule has 0 spiro atoms. The minimum atomic E-state index is -4.62. The maximum Gasteiger partial charge on any atom is 0.417 e. The first-order valence-corrected chi connectivity index (χ1v) is 11.1. The van der Waals surface area contributed by atoms with E-state index in [-0.39, 0.29) is 29.8 Å². The average molecular weight is 505 g/mol. The Hall–Kier alpha value is -3.66. The van der Waals surface area contributed by atoms with Crippen molar-refractivity contribution in [3.8, 4) is 11.6 Å². The van der Waals surface area contributed by atoms with Gasteiger partial charge in [-0.2, -0.15) is 13.2 Å². The van der Waals surface area contributed by atoms with E-state index in [0.29, 0.717) is 18.0 Å². The molecule has 0 saturated heterocycles. The lowest BCUT2D eigenvalue weighted by Crippen LogP contribution is -2.14. The van der Waals surface area contributed by atoms with Crippen LogP contribution < -0.4 is 15.4 Å². The normalized spacial score (nSPS) is 13.3. The van der Waals surface area contributed by atoms with E-state index in [1.165, 1.54) is 18.5 Å². The van der Waals surface area contributed by atoms with Crippen LogP contribution in [0.4, 0.5) is 24.7 Å². The van der Waals surface area contributed by atoms with E-state index in [1.54, 1.807) is 24.3 Å². The van der Waals surface area contributed by atoms with E-state index in [0.717, 1.165) is 30.5 Å². The van der Waals surface area contributed by atoms with Gasteiger partial charge in [0.05, 0.1) is 10.6 Å². The highest BCUT2D eigenvalue weighted by molar-refractivity contribution is 6.31. The number of aryl methyl sites for hydroxylation is 1. The molecular weight excluding hydrogens is 485 g/mol. The number of anilines is 2. The van der Waals surface area contributed by atoms with E-state index >= 15 is 0 Å². The topological polar surface area (TPSA) is 93.2 Å². The van der Waals surface area contributed by atoms with Crippen molar-refractivity contribution in [2.24, 2.45) is 5.92 Å². The van der Waals surface area contributed by atoms with Crippen molar-refractivity contribution in [1.82, 2.24) is 9.97 Å². The molecule has 1 aliphatic carbocycles. The van der Waals surface area contributed by atoms with Gasteiger partial charge in [0, 0.05) is 24.1 Å². The first-order valence-electron chi connectivity index (χ1n) is 10.7. The van der Waals surface area contributed by atoms with Crippen LogP contribution in [0.25, 0.3) is 0 Å². The Morgan fingerprint density at radius 2 is 1.86 bits per heavy atom. The number of nitrogens with one attached hydrogen (secondary N) is 2. The maximum atomic E-state index is 13.0. The molecule has 0 radical (unpaired) electrons. The number of amides is 2. The number of hydrogen-bond acceptors (Lipinski definition) is 5. The van der Waals surface area contributed by atoms with Gasteiger partial charge in [0.15, 0.2) is 0 Å². The molecule has 1 aliphatic rings. The second-order valence-electron chi connectivity index (χ2n) is 8.00. The van der Waals surface area contributed by atoms with E-state index in [9.17, 15) is 22.8 Å². The molecule has 0 unspecified atom stereocenters. The molecule has 1 fully saturated rings. The number of aromatic nitrogens is 2. The van der Waals surface area contributed by atoms with E-state index in [1.807, 2.05) is 0 Å². The summed E-state index contributed by atoms with van der Waals surface area (Å²) >= 11 is 5.61. The zero-order valence-corrected chi connectivity index (χ0v) is 19.0. The van der Waals surface area contributed by atoms with Gasteiger partial charge in [-0.25, -0.2) is 9.97 Å². The van der Waals surface area contributed by atoms with Crippen molar-refractivity contribution in [2.75, 3.05) is 10.6 Å². The summed E-state index contributed by atoms with van der Waals surface area (Å²) in [6.07, 6.45) is -1.22. The molecule has 0 atom stereocenters. The van der Waals surface area contributed by atoms with Crippen molar-refractivity contribution in [3.05, 3.63) is 71.0 Å². The number of rotatable bonds is 8. The molecule has 182 valence electrons. The Morgan fingerprint density at radius 1 is 1.06 bits per heavy atom. The van der Waals surface area contributed by atoms with Crippen LogP contribution in [-0.4, -0.2) is 21.8 Å². The van der Waals surface area contributed by atoms with Crippen molar-refractivity contribution >= 4 is 34.9 Å². The van der Waals surface area contributed by atoms with Crippen molar-refractivity contribution in [1.29, 1.82) is 0 Å². The summed E-state index contributed by atoms with van der Waals surface area (Å²) in [5.41, 5.74) is -0.222. The molecule has 4 rings (SSSR count). The number of ether oxygens (including phenoxy) is 1. The zero-order chi connectivity index (χ0) is 25.0. The smallest absolute Gasteiger partial charge is 0.417 e. The summed E-state index contributed by atoms with van der Waals surface area (Å²) in [4.78, 5) is 32.2. The van der Waals surface area contributed by atoms with Crippen LogP contribution in [0, 0.1) is 5.92 Å². The van der Waals surface area contributed by atoms with Crippen LogP contribution in [0.15, 0.2) is 54.9 Å². The third-order valence-electron chi connectivity index (χ3n) is 5.16. The standard InChI is InChI=1S/C24H20ClF3N4O3/c25-19-8-7-16(11-18(19)24(26,27)28)31-21(33)9-4-14-2-1-3-17(10-14)35-22-12-20(29-13-30-22)32-23(34)15-5-6-15/h1-3,7-8,10-13,15H,4-6,9H2,(H,31,33)(H,29,30,32,34). The minimum Gasteiger partial charge on any atom is -0.439 e. The second kappa shape index (κ2) is 10.3. The van der Waals surface area contributed by atoms with Gasteiger partial charge in [-0.05, 0) is 55.2 Å². The molecule has 7 nitrogen and oxygen atoms in total. The van der Waals surface area contributed by atoms with E-state index in [4.69, 9.17) is 16.3 Å². The van der Waals surface area contributed by atoms with Gasteiger partial charge >= 0.3 is 6.18 Å². The Bertz CT molecular complexity index is 1250. The lowest BCUT2D eigenvalue weighted by Gasteiger charge is -2.12. The Labute approximate surface area is 203 Å². The van der Waals surface area contributed by atoms with Gasteiger partial charge in [0.25, 0.3) is 0 Å². The van der Waals surface area contributed by atoms with Crippen LogP contribution in [0.5, 0.6) is 11.6 Å². The Morgan fingerprint density at radius 3 is 2.60 bits per heavy atom. The fraction of sp³-hybridized carbons (Fsp3) is 0.250. The summed E-state index contributed by atoms with van der Waals surface area (Å²) in [5.74, 6) is 0.560. The molecule has 2 aromatic carbocycles. The van der Waals surface area contributed by atoms with Crippen molar-refractivity contribution < 1.29 is 27.5 Å². The first-order chi connectivity index (χ1) is 16.7. The molecule has 0 bridgehead atoms. The molecular formula is C24H20ClF3N4O3. The largest absolute Gasteiger partial charge is 0.439 e. The van der Waals surface area contributed by atoms with Crippen LogP contribution in [0.1, 0.15) is 30.4 Å². The Balaban J connectivity index is 1.33. The highest BCUT2D eigenvalue weighted by Gasteiger charge is 2.33. The first kappa shape index (κ1) is 24.5. The molecule has 1 saturated carbocycles. The number of carbonyl (C=O) groups is 2. The monoisotopic (exact) mass is 504 g/mol. The Kier molecular flexibility index (Phi) is 7.20. The molecule has 1 aromatic heterocycles. The number of hydrogen-bond donors (Lipinski definition) is 2. The van der Waals surface area contributed by atoms with Gasteiger partial charge in [-0.3, -0.25) is 9.59 Å². The zero-order valence-electron chi connectivity index (χ0n) is 18.2. The number of halogens is 4. The van der Waals surface area contributed by atoms with E-state index in [2.05, 4.69) is 20.6 Å². The third-order valence-corrected chi connectivity index (χ3v) is 5.49. The van der Waals surface area contributed by atoms with Crippen LogP contribution in [0.3, 0.4) is 0 Å². The van der Waals surface area contributed by atoms with Gasteiger partial charge in [0.1, 0.15) is 17.9 Å². The van der Waals surface area contributed by atoms with Gasteiger partial charge < -0.3 is 15.4 Å². The lowest BCUT2D eigenvalue weighted by atomic mass is 10.1. The van der Waals surface area contributed by atoms with E-state index < -0.39 is 22.7 Å². The molecule has 35 heavy (non-hydrogen) atoms. The van der Waals surface area contributed by atoms with Crippen molar-refractivity contribution in [3.63, 3.8) is 0 Å². The number of alkyl halides is 3. The predicted octanol–water partition coefficient (Wildman–Crippen LogP) is 5.86. The molecule has 2 amide bonds. The molecule has 2 N–H and O–H groups in total. The molecule has 1 heterocycles. The quantitative estimate of drug-likeness (QED) is 0.401. The minimum absolute atomic E-state index is 0.0113. The number of nitrogens with zero attached hydrogens (tertiary/aromatic N) is 2. The highest BCUT2D eigenvalue weighted by Crippen LogP contribution is 2.36. The number of benzene rings is 2. The van der Waals surface area contributed by atoms with Gasteiger partial charge in [-0.15, -0.1) is 0 Å². The fourth-order valence-electron chi connectivity index (χ4n) is 3.22. The second-order valence-corrected chi connectivity index (χ2v) is 8.40. The van der Waals surface area contributed by atoms with Gasteiger partial charge in [0.2, 0.25) is 17.7 Å². The summed E-state index contributed by atoms with van der Waals surface area (Å²) < 4.78 is 44.8. The van der Waals surface area contributed by atoms with Crippen LogP contribution in [0.2, 0.25) is 5.02 Å². The van der Waals surface area contributed by atoms with Gasteiger partial charge in [-0.1, -0.05) is 23.7 Å².